The first-order valence-corrected chi connectivity index (χ1v) is 10.0. The highest BCUT2D eigenvalue weighted by atomic mass is 32.1. The predicted octanol–water partition coefficient (Wildman–Crippen LogP) is 3.94. The summed E-state index contributed by atoms with van der Waals surface area (Å²) in [6.45, 7) is -0.0641. The Bertz CT molecular complexity index is 1190. The smallest absolute Gasteiger partial charge is 0.351 e. The van der Waals surface area contributed by atoms with E-state index in [9.17, 15) is 27.6 Å². The lowest BCUT2D eigenvalue weighted by atomic mass is 9.62. The van der Waals surface area contributed by atoms with Gasteiger partial charge in [0.05, 0.1) is 18.0 Å². The summed E-state index contributed by atoms with van der Waals surface area (Å²) in [5.41, 5.74) is -0.667. The molecule has 0 spiro atoms. The van der Waals surface area contributed by atoms with Crippen molar-refractivity contribution in [3.8, 4) is 6.07 Å². The standard InChI is InChI=1S/C20H15F4N5OS/c21-13-3-1-12(2-4-13)19(10-25)7-14(8-19)27-17-26-11-29(18(30)28-17)9-15-5-6-16(31-15)20(22,23)24/h1-6,11,14H,7-9H2,(H,27,28,30). The van der Waals surface area contributed by atoms with Crippen molar-refractivity contribution >= 4 is 17.3 Å². The Hall–Kier alpha value is -3.26. The number of rotatable bonds is 5. The molecule has 0 saturated heterocycles. The maximum atomic E-state index is 13.1. The molecule has 6 nitrogen and oxygen atoms in total. The zero-order valence-electron chi connectivity index (χ0n) is 15.9. The lowest BCUT2D eigenvalue weighted by molar-refractivity contribution is -0.134. The van der Waals surface area contributed by atoms with Crippen LogP contribution in [0.2, 0.25) is 0 Å². The van der Waals surface area contributed by atoms with Crippen LogP contribution in [0.15, 0.2) is 47.5 Å². The summed E-state index contributed by atoms with van der Waals surface area (Å²) in [6, 6.07) is 10.2. The van der Waals surface area contributed by atoms with E-state index in [1.54, 1.807) is 12.1 Å². The Morgan fingerprint density at radius 3 is 2.52 bits per heavy atom. The maximum Gasteiger partial charge on any atom is 0.425 e. The van der Waals surface area contributed by atoms with Crippen molar-refractivity contribution in [3.05, 3.63) is 74.3 Å². The number of anilines is 1. The molecule has 31 heavy (non-hydrogen) atoms. The largest absolute Gasteiger partial charge is 0.425 e. The second kappa shape index (κ2) is 7.77. The highest BCUT2D eigenvalue weighted by molar-refractivity contribution is 7.12. The van der Waals surface area contributed by atoms with E-state index < -0.39 is 22.2 Å². The molecule has 0 amide bonds. The molecule has 1 aliphatic rings. The topological polar surface area (TPSA) is 83.6 Å². The van der Waals surface area contributed by atoms with Crippen LogP contribution in [0.5, 0.6) is 0 Å². The van der Waals surface area contributed by atoms with E-state index in [2.05, 4.69) is 21.4 Å². The summed E-state index contributed by atoms with van der Waals surface area (Å²) in [7, 11) is 0. The van der Waals surface area contributed by atoms with E-state index in [0.717, 1.165) is 16.2 Å². The summed E-state index contributed by atoms with van der Waals surface area (Å²) in [6.07, 6.45) is -2.32. The molecule has 1 fully saturated rings. The van der Waals surface area contributed by atoms with Gasteiger partial charge in [0.1, 0.15) is 17.0 Å². The van der Waals surface area contributed by atoms with Gasteiger partial charge in [-0.3, -0.25) is 4.57 Å². The molecule has 2 aromatic heterocycles. The molecule has 2 heterocycles. The molecule has 1 N–H and O–H groups in total. The molecule has 3 aromatic rings. The van der Waals surface area contributed by atoms with Gasteiger partial charge in [0.15, 0.2) is 0 Å². The van der Waals surface area contributed by atoms with Gasteiger partial charge in [0, 0.05) is 10.9 Å². The third-order valence-electron chi connectivity index (χ3n) is 5.17. The predicted molar refractivity (Wildman–Crippen MR) is 105 cm³/mol. The van der Waals surface area contributed by atoms with Crippen molar-refractivity contribution < 1.29 is 17.6 Å². The normalized spacial score (nSPS) is 20.7. The fraction of sp³-hybridized carbons (Fsp3) is 0.300. The van der Waals surface area contributed by atoms with Crippen molar-refractivity contribution in [1.82, 2.24) is 14.5 Å². The van der Waals surface area contributed by atoms with Crippen molar-refractivity contribution in [2.24, 2.45) is 0 Å². The Kier molecular flexibility index (Phi) is 5.26. The molecular weight excluding hydrogens is 434 g/mol. The summed E-state index contributed by atoms with van der Waals surface area (Å²) in [4.78, 5) is 19.8. The van der Waals surface area contributed by atoms with Crippen LogP contribution in [0.25, 0.3) is 0 Å². The number of nitriles is 1. The molecule has 1 aliphatic carbocycles. The number of halogens is 4. The van der Waals surface area contributed by atoms with Crippen LogP contribution in [-0.4, -0.2) is 20.6 Å². The van der Waals surface area contributed by atoms with Gasteiger partial charge < -0.3 is 5.32 Å². The molecule has 0 bridgehead atoms. The zero-order chi connectivity index (χ0) is 22.2. The fourth-order valence-corrected chi connectivity index (χ4v) is 4.42. The minimum Gasteiger partial charge on any atom is -0.351 e. The molecule has 0 atom stereocenters. The van der Waals surface area contributed by atoms with Gasteiger partial charge >= 0.3 is 11.9 Å². The highest BCUT2D eigenvalue weighted by Crippen LogP contribution is 2.44. The monoisotopic (exact) mass is 449 g/mol. The fourth-order valence-electron chi connectivity index (χ4n) is 3.55. The van der Waals surface area contributed by atoms with E-state index in [4.69, 9.17) is 0 Å². The second-order valence-electron chi connectivity index (χ2n) is 7.30. The van der Waals surface area contributed by atoms with Gasteiger partial charge in [-0.2, -0.15) is 23.4 Å². The first-order chi connectivity index (χ1) is 14.7. The highest BCUT2D eigenvalue weighted by Gasteiger charge is 2.46. The van der Waals surface area contributed by atoms with Gasteiger partial charge in [0.2, 0.25) is 5.95 Å². The number of alkyl halides is 3. The van der Waals surface area contributed by atoms with E-state index in [-0.39, 0.29) is 24.4 Å². The Labute approximate surface area is 177 Å². The number of benzene rings is 1. The lowest BCUT2D eigenvalue weighted by Gasteiger charge is -2.43. The van der Waals surface area contributed by atoms with Crippen LogP contribution < -0.4 is 11.0 Å². The number of nitrogens with one attached hydrogen (secondary N) is 1. The summed E-state index contributed by atoms with van der Waals surface area (Å²) in [5, 5.41) is 12.6. The van der Waals surface area contributed by atoms with Gasteiger partial charge in [-0.05, 0) is 42.7 Å². The van der Waals surface area contributed by atoms with Gasteiger partial charge in [0.25, 0.3) is 0 Å². The van der Waals surface area contributed by atoms with Crippen LogP contribution in [0, 0.1) is 17.1 Å². The number of aromatic nitrogens is 3. The van der Waals surface area contributed by atoms with Crippen molar-refractivity contribution in [2.45, 2.75) is 37.0 Å². The third-order valence-corrected chi connectivity index (χ3v) is 6.28. The molecular formula is C20H15F4N5OS. The molecule has 0 aliphatic heterocycles. The van der Waals surface area contributed by atoms with Crippen molar-refractivity contribution in [3.63, 3.8) is 0 Å². The average Bonchev–Trinajstić information content (AvgIpc) is 3.16. The van der Waals surface area contributed by atoms with Crippen LogP contribution >= 0.6 is 11.3 Å². The quantitative estimate of drug-likeness (QED) is 0.597. The first-order valence-electron chi connectivity index (χ1n) is 9.22. The van der Waals surface area contributed by atoms with Crippen LogP contribution in [0.1, 0.15) is 28.2 Å². The van der Waals surface area contributed by atoms with Gasteiger partial charge in [-0.15, -0.1) is 11.3 Å². The minimum atomic E-state index is -4.42. The van der Waals surface area contributed by atoms with E-state index in [1.807, 2.05) is 0 Å². The average molecular weight is 449 g/mol. The van der Waals surface area contributed by atoms with Crippen molar-refractivity contribution in [1.29, 1.82) is 5.26 Å². The van der Waals surface area contributed by atoms with Crippen LogP contribution in [-0.2, 0) is 18.1 Å². The second-order valence-corrected chi connectivity index (χ2v) is 8.47. The number of thiophene rings is 1. The van der Waals surface area contributed by atoms with Gasteiger partial charge in [-0.1, -0.05) is 12.1 Å². The summed E-state index contributed by atoms with van der Waals surface area (Å²) in [5.74, 6) is -0.295. The molecule has 160 valence electrons. The Balaban J connectivity index is 1.40. The van der Waals surface area contributed by atoms with E-state index >= 15 is 0 Å². The van der Waals surface area contributed by atoms with E-state index in [1.165, 1.54) is 24.5 Å². The zero-order valence-corrected chi connectivity index (χ0v) is 16.7. The summed E-state index contributed by atoms with van der Waals surface area (Å²) >= 11 is 0.562. The first kappa shape index (κ1) is 21.0. The SMILES string of the molecule is N#CC1(c2ccc(F)cc2)CC(Nc2ncn(Cc3ccc(C(F)(F)F)s3)c(=O)n2)C1. The molecule has 0 unspecified atom stereocenters. The lowest BCUT2D eigenvalue weighted by Crippen LogP contribution is -2.48. The van der Waals surface area contributed by atoms with E-state index in [0.29, 0.717) is 29.1 Å². The number of nitrogens with zero attached hydrogens (tertiary/aromatic N) is 4. The molecule has 11 heteroatoms. The third kappa shape index (κ3) is 4.29. The molecule has 1 saturated carbocycles. The molecule has 1 aromatic carbocycles. The minimum absolute atomic E-state index is 0.0641. The van der Waals surface area contributed by atoms with Crippen LogP contribution in [0.4, 0.5) is 23.5 Å². The van der Waals surface area contributed by atoms with Crippen molar-refractivity contribution in [2.75, 3.05) is 5.32 Å². The summed E-state index contributed by atoms with van der Waals surface area (Å²) < 4.78 is 52.4. The molecule has 4 rings (SSSR count). The van der Waals surface area contributed by atoms with Crippen LogP contribution in [0.3, 0.4) is 0 Å². The van der Waals surface area contributed by atoms with Gasteiger partial charge in [-0.25, -0.2) is 14.2 Å². The maximum absolute atomic E-state index is 13.1. The Morgan fingerprint density at radius 2 is 1.94 bits per heavy atom. The molecule has 0 radical (unpaired) electrons. The Morgan fingerprint density at radius 1 is 1.23 bits per heavy atom. The number of hydrogen-bond acceptors (Lipinski definition) is 6. The number of hydrogen-bond donors (Lipinski definition) is 1.